The number of ether oxygens (including phenoxy) is 1. The highest BCUT2D eigenvalue weighted by Crippen LogP contribution is 2.29. The second kappa shape index (κ2) is 6.93. The summed E-state index contributed by atoms with van der Waals surface area (Å²) in [5, 5.41) is 11.2. The molecule has 0 aliphatic rings. The van der Waals surface area contributed by atoms with Crippen molar-refractivity contribution >= 4 is 16.7 Å². The van der Waals surface area contributed by atoms with Gasteiger partial charge in [-0.05, 0) is 76.7 Å². The lowest BCUT2D eigenvalue weighted by atomic mass is 9.91. The van der Waals surface area contributed by atoms with Crippen LogP contribution >= 0.6 is 0 Å². The van der Waals surface area contributed by atoms with Crippen LogP contribution in [-0.4, -0.2) is 11.1 Å². The van der Waals surface area contributed by atoms with E-state index < -0.39 is 0 Å². The summed E-state index contributed by atoms with van der Waals surface area (Å²) in [6.07, 6.45) is 0.597. The molecule has 0 bridgehead atoms. The molecule has 0 heterocycles. The Morgan fingerprint density at radius 1 is 1.12 bits per heavy atom. The third kappa shape index (κ3) is 3.79. The van der Waals surface area contributed by atoms with E-state index in [4.69, 9.17) is 4.74 Å². The highest BCUT2D eigenvalue weighted by atomic mass is 19.1. The van der Waals surface area contributed by atoms with Crippen LogP contribution in [0.1, 0.15) is 29.2 Å². The normalized spacial score (nSPS) is 10.8. The van der Waals surface area contributed by atoms with Crippen molar-refractivity contribution in [2.75, 3.05) is 0 Å². The standard InChI is InChI=1S/C21H19FO3/c1-13-17(12-25-14(2)23)10-16-5-6-18(22)11-21(16)20(13)9-15-3-7-19(24)8-4-15/h3-8,10-11,24H,9,12H2,1-2H3. The number of carbonyl (C=O) groups is 1. The molecule has 0 amide bonds. The molecule has 0 saturated carbocycles. The van der Waals surface area contributed by atoms with Gasteiger partial charge in [0.05, 0.1) is 0 Å². The Morgan fingerprint density at radius 2 is 1.84 bits per heavy atom. The minimum Gasteiger partial charge on any atom is -0.508 e. The van der Waals surface area contributed by atoms with Gasteiger partial charge in [-0.3, -0.25) is 4.79 Å². The van der Waals surface area contributed by atoms with E-state index in [1.165, 1.54) is 19.1 Å². The number of carbonyl (C=O) groups excluding carboxylic acids is 1. The Kier molecular flexibility index (Phi) is 4.70. The molecule has 0 aliphatic heterocycles. The summed E-state index contributed by atoms with van der Waals surface area (Å²) >= 11 is 0. The molecular weight excluding hydrogens is 319 g/mol. The van der Waals surface area contributed by atoms with Crippen LogP contribution in [0.2, 0.25) is 0 Å². The molecule has 3 aromatic rings. The molecule has 3 rings (SSSR count). The van der Waals surface area contributed by atoms with Crippen molar-refractivity contribution in [1.29, 1.82) is 0 Å². The van der Waals surface area contributed by atoms with Crippen molar-refractivity contribution in [1.82, 2.24) is 0 Å². The molecule has 0 fully saturated rings. The molecule has 0 saturated heterocycles. The number of phenols is 1. The quantitative estimate of drug-likeness (QED) is 0.705. The van der Waals surface area contributed by atoms with Crippen LogP contribution in [-0.2, 0) is 22.6 Å². The number of halogens is 1. The van der Waals surface area contributed by atoms with Crippen molar-refractivity contribution in [2.24, 2.45) is 0 Å². The topological polar surface area (TPSA) is 46.5 Å². The van der Waals surface area contributed by atoms with Gasteiger partial charge in [0.25, 0.3) is 0 Å². The molecule has 1 N–H and O–H groups in total. The van der Waals surface area contributed by atoms with E-state index in [9.17, 15) is 14.3 Å². The smallest absolute Gasteiger partial charge is 0.302 e. The van der Waals surface area contributed by atoms with Gasteiger partial charge >= 0.3 is 5.97 Å². The van der Waals surface area contributed by atoms with Crippen molar-refractivity contribution in [3.05, 3.63) is 76.6 Å². The maximum absolute atomic E-state index is 13.8. The molecule has 128 valence electrons. The zero-order valence-electron chi connectivity index (χ0n) is 14.2. The molecule has 4 heteroatoms. The van der Waals surface area contributed by atoms with Crippen LogP contribution in [0.5, 0.6) is 5.75 Å². The van der Waals surface area contributed by atoms with Gasteiger partial charge in [0.2, 0.25) is 0 Å². The molecule has 0 radical (unpaired) electrons. The Bertz CT molecular complexity index is 930. The fourth-order valence-electron chi connectivity index (χ4n) is 2.98. The largest absolute Gasteiger partial charge is 0.508 e. The Hall–Kier alpha value is -2.88. The van der Waals surface area contributed by atoms with Crippen molar-refractivity contribution in [2.45, 2.75) is 26.9 Å². The third-order valence-corrected chi connectivity index (χ3v) is 4.35. The highest BCUT2D eigenvalue weighted by molar-refractivity contribution is 5.88. The number of hydrogen-bond acceptors (Lipinski definition) is 3. The van der Waals surface area contributed by atoms with Gasteiger partial charge in [0.1, 0.15) is 18.2 Å². The van der Waals surface area contributed by atoms with Crippen molar-refractivity contribution < 1.29 is 19.0 Å². The number of benzene rings is 3. The molecular formula is C21H19FO3. The maximum atomic E-state index is 13.8. The van der Waals surface area contributed by atoms with E-state index in [0.717, 1.165) is 33.0 Å². The summed E-state index contributed by atoms with van der Waals surface area (Å²) in [6, 6.07) is 13.6. The second-order valence-corrected chi connectivity index (χ2v) is 6.13. The molecule has 0 unspecified atom stereocenters. The summed E-state index contributed by atoms with van der Waals surface area (Å²) in [7, 11) is 0. The van der Waals surface area contributed by atoms with Gasteiger partial charge in [-0.25, -0.2) is 4.39 Å². The summed E-state index contributed by atoms with van der Waals surface area (Å²) in [5.41, 5.74) is 3.89. The number of aromatic hydroxyl groups is 1. The van der Waals surface area contributed by atoms with Crippen molar-refractivity contribution in [3.63, 3.8) is 0 Å². The predicted octanol–water partition coefficient (Wildman–Crippen LogP) is 4.65. The average molecular weight is 338 g/mol. The van der Waals surface area contributed by atoms with E-state index >= 15 is 0 Å². The van der Waals surface area contributed by atoms with E-state index in [-0.39, 0.29) is 24.1 Å². The van der Waals surface area contributed by atoms with E-state index in [1.54, 1.807) is 18.2 Å². The van der Waals surface area contributed by atoms with Gasteiger partial charge in [0.15, 0.2) is 0 Å². The van der Waals surface area contributed by atoms with Crippen LogP contribution in [0.25, 0.3) is 10.8 Å². The van der Waals surface area contributed by atoms with Gasteiger partial charge in [-0.2, -0.15) is 0 Å². The van der Waals surface area contributed by atoms with E-state index in [2.05, 4.69) is 0 Å². The summed E-state index contributed by atoms with van der Waals surface area (Å²) in [6.45, 7) is 3.53. The number of esters is 1. The molecule has 3 nitrogen and oxygen atoms in total. The fraction of sp³-hybridized carbons (Fsp3) is 0.190. The summed E-state index contributed by atoms with van der Waals surface area (Å²) in [5.74, 6) is -0.412. The van der Waals surface area contributed by atoms with Crippen LogP contribution in [0.3, 0.4) is 0 Å². The fourth-order valence-corrected chi connectivity index (χ4v) is 2.98. The zero-order valence-corrected chi connectivity index (χ0v) is 14.2. The molecule has 0 atom stereocenters. The highest BCUT2D eigenvalue weighted by Gasteiger charge is 2.13. The number of rotatable bonds is 4. The number of phenolic OH excluding ortho intramolecular Hbond substituents is 1. The Labute approximate surface area is 145 Å². The first-order valence-electron chi connectivity index (χ1n) is 8.06. The molecule has 0 aliphatic carbocycles. The maximum Gasteiger partial charge on any atom is 0.302 e. The lowest BCUT2D eigenvalue weighted by molar-refractivity contribution is -0.142. The first-order chi connectivity index (χ1) is 11.9. The monoisotopic (exact) mass is 338 g/mol. The number of fused-ring (bicyclic) bond motifs is 1. The lowest BCUT2D eigenvalue weighted by Crippen LogP contribution is -2.04. The van der Waals surface area contributed by atoms with Crippen molar-refractivity contribution in [3.8, 4) is 5.75 Å². The zero-order chi connectivity index (χ0) is 18.0. The van der Waals surface area contributed by atoms with Gasteiger partial charge in [0, 0.05) is 6.92 Å². The lowest BCUT2D eigenvalue weighted by Gasteiger charge is -2.16. The van der Waals surface area contributed by atoms with Crippen LogP contribution in [0.4, 0.5) is 4.39 Å². The summed E-state index contributed by atoms with van der Waals surface area (Å²) < 4.78 is 18.9. The third-order valence-electron chi connectivity index (χ3n) is 4.35. The minimum atomic E-state index is -0.335. The molecule has 25 heavy (non-hydrogen) atoms. The van der Waals surface area contributed by atoms with E-state index in [1.807, 2.05) is 25.1 Å². The van der Waals surface area contributed by atoms with Gasteiger partial charge < -0.3 is 9.84 Å². The second-order valence-electron chi connectivity index (χ2n) is 6.13. The Morgan fingerprint density at radius 3 is 2.52 bits per heavy atom. The average Bonchev–Trinajstić information content (AvgIpc) is 2.58. The first-order valence-corrected chi connectivity index (χ1v) is 8.06. The Balaban J connectivity index is 2.11. The molecule has 0 aromatic heterocycles. The van der Waals surface area contributed by atoms with Crippen LogP contribution < -0.4 is 0 Å². The minimum absolute atomic E-state index is 0.192. The predicted molar refractivity (Wildman–Crippen MR) is 95.0 cm³/mol. The molecule has 3 aromatic carbocycles. The number of hydrogen-bond donors (Lipinski definition) is 1. The van der Waals surface area contributed by atoms with Gasteiger partial charge in [-0.15, -0.1) is 0 Å². The van der Waals surface area contributed by atoms with Crippen LogP contribution in [0.15, 0.2) is 48.5 Å². The van der Waals surface area contributed by atoms with Crippen LogP contribution in [0, 0.1) is 12.7 Å². The van der Waals surface area contributed by atoms with E-state index in [0.29, 0.717) is 6.42 Å². The first kappa shape index (κ1) is 17.0. The van der Waals surface area contributed by atoms with Gasteiger partial charge in [-0.1, -0.05) is 18.2 Å². The SMILES string of the molecule is CC(=O)OCc1cc2ccc(F)cc2c(Cc2ccc(O)cc2)c1C. The summed E-state index contributed by atoms with van der Waals surface area (Å²) in [4.78, 5) is 11.1. The molecule has 0 spiro atoms.